The van der Waals surface area contributed by atoms with Gasteiger partial charge in [0.2, 0.25) is 0 Å². The van der Waals surface area contributed by atoms with Crippen LogP contribution in [0.2, 0.25) is 0 Å². The van der Waals surface area contributed by atoms with E-state index in [2.05, 4.69) is 25.3 Å². The maximum Gasteiger partial charge on any atom is 0.312 e. The number of hydrogen-bond donors (Lipinski definition) is 2. The van der Waals surface area contributed by atoms with Gasteiger partial charge in [-0.1, -0.05) is 20.3 Å². The Kier molecular flexibility index (Phi) is 7.23. The predicted octanol–water partition coefficient (Wildman–Crippen LogP) is 2.87. The fraction of sp³-hybridized carbons (Fsp3) is 0.857. The van der Waals surface area contributed by atoms with Crippen LogP contribution >= 0.6 is 25.3 Å². The van der Waals surface area contributed by atoms with E-state index in [-0.39, 0.29) is 23.8 Å². The molecule has 1 fully saturated rings. The van der Waals surface area contributed by atoms with Crippen LogP contribution in [0.4, 0.5) is 0 Å². The van der Waals surface area contributed by atoms with Crippen LogP contribution in [0.3, 0.4) is 0 Å². The van der Waals surface area contributed by atoms with Gasteiger partial charge in [-0.3, -0.25) is 9.59 Å². The lowest BCUT2D eigenvalue weighted by Crippen LogP contribution is -2.44. The van der Waals surface area contributed by atoms with Crippen molar-refractivity contribution in [2.24, 2.45) is 11.8 Å². The summed E-state index contributed by atoms with van der Waals surface area (Å²) in [6.45, 7) is 3.51. The molecule has 0 N–H and O–H groups in total. The minimum absolute atomic E-state index is 0.307. The van der Waals surface area contributed by atoms with Crippen molar-refractivity contribution >= 4 is 37.2 Å². The molecule has 1 aliphatic rings. The molecular weight excluding hydrogens is 296 g/mol. The Balaban J connectivity index is 2.76. The van der Waals surface area contributed by atoms with Gasteiger partial charge in [-0.2, -0.15) is 25.3 Å². The third-order valence-corrected chi connectivity index (χ3v) is 4.64. The van der Waals surface area contributed by atoms with Gasteiger partial charge in [0.25, 0.3) is 5.79 Å². The number of carbonyl (C=O) groups excluding carboxylic acids is 2. The van der Waals surface area contributed by atoms with E-state index in [4.69, 9.17) is 9.47 Å². The Bertz CT molecular complexity index is 314. The van der Waals surface area contributed by atoms with Crippen LogP contribution in [0.1, 0.15) is 46.0 Å². The van der Waals surface area contributed by atoms with Crippen LogP contribution in [0.5, 0.6) is 0 Å². The van der Waals surface area contributed by atoms with Gasteiger partial charge in [0.15, 0.2) is 0 Å². The summed E-state index contributed by atoms with van der Waals surface area (Å²) in [5.74, 6) is -1.58. The van der Waals surface area contributed by atoms with Gasteiger partial charge in [-0.05, 0) is 12.8 Å². The van der Waals surface area contributed by atoms with Gasteiger partial charge in [-0.15, -0.1) is 0 Å². The molecule has 2 atom stereocenters. The van der Waals surface area contributed by atoms with E-state index in [0.29, 0.717) is 24.3 Å². The molecule has 0 spiro atoms. The molecule has 6 heteroatoms. The third-order valence-electron chi connectivity index (χ3n) is 3.54. The molecule has 0 aliphatic heterocycles. The van der Waals surface area contributed by atoms with E-state index < -0.39 is 5.79 Å². The Hall–Kier alpha value is -0.360. The lowest BCUT2D eigenvalue weighted by molar-refractivity contribution is -0.242. The summed E-state index contributed by atoms with van der Waals surface area (Å²) in [6.07, 6.45) is 4.00. The standard InChI is InChI=1S/C14H24O4S2/c1-10(8-19)12(15)17-14(6-4-3-5-7-14)18-13(16)11(2)9-20/h10-11,19-20H,3-9H2,1-2H3. The van der Waals surface area contributed by atoms with Gasteiger partial charge in [0.1, 0.15) is 0 Å². The highest BCUT2D eigenvalue weighted by atomic mass is 32.1. The van der Waals surface area contributed by atoms with Crippen molar-refractivity contribution in [3.63, 3.8) is 0 Å². The SMILES string of the molecule is CC(CS)C(=O)OC1(OC(=O)C(C)CS)CCCCC1. The quantitative estimate of drug-likeness (QED) is 0.449. The monoisotopic (exact) mass is 320 g/mol. The van der Waals surface area contributed by atoms with Gasteiger partial charge in [-0.25, -0.2) is 0 Å². The van der Waals surface area contributed by atoms with Crippen molar-refractivity contribution in [3.05, 3.63) is 0 Å². The third kappa shape index (κ3) is 4.88. The maximum atomic E-state index is 12.0. The second-order valence-electron chi connectivity index (χ2n) is 5.48. The molecule has 0 heterocycles. The topological polar surface area (TPSA) is 52.6 Å². The molecule has 1 saturated carbocycles. The predicted molar refractivity (Wildman–Crippen MR) is 84.0 cm³/mol. The Morgan fingerprint density at radius 3 is 1.70 bits per heavy atom. The molecular formula is C14H24O4S2. The average Bonchev–Trinajstić information content (AvgIpc) is 2.45. The Morgan fingerprint density at radius 1 is 0.950 bits per heavy atom. The molecule has 4 nitrogen and oxygen atoms in total. The van der Waals surface area contributed by atoms with Crippen LogP contribution < -0.4 is 0 Å². The van der Waals surface area contributed by atoms with Crippen LogP contribution in [0, 0.1) is 11.8 Å². The van der Waals surface area contributed by atoms with Crippen LogP contribution in [-0.2, 0) is 19.1 Å². The highest BCUT2D eigenvalue weighted by molar-refractivity contribution is 7.80. The van der Waals surface area contributed by atoms with Crippen molar-refractivity contribution in [1.29, 1.82) is 0 Å². The lowest BCUT2D eigenvalue weighted by Gasteiger charge is -2.37. The van der Waals surface area contributed by atoms with Gasteiger partial charge in [0.05, 0.1) is 11.8 Å². The van der Waals surface area contributed by atoms with E-state index >= 15 is 0 Å². The molecule has 0 aromatic carbocycles. The summed E-state index contributed by atoms with van der Waals surface area (Å²) in [5, 5.41) is 0. The van der Waals surface area contributed by atoms with Crippen molar-refractivity contribution < 1.29 is 19.1 Å². The number of esters is 2. The zero-order chi connectivity index (χ0) is 15.2. The molecule has 0 aromatic rings. The average molecular weight is 320 g/mol. The van der Waals surface area contributed by atoms with Crippen LogP contribution in [0.25, 0.3) is 0 Å². The van der Waals surface area contributed by atoms with Gasteiger partial charge >= 0.3 is 11.9 Å². The Labute approximate surface area is 131 Å². The highest BCUT2D eigenvalue weighted by Gasteiger charge is 2.41. The van der Waals surface area contributed by atoms with E-state index in [1.54, 1.807) is 13.8 Å². The second kappa shape index (κ2) is 8.17. The molecule has 0 bridgehead atoms. The van der Waals surface area contributed by atoms with Crippen LogP contribution in [0.15, 0.2) is 0 Å². The molecule has 0 radical (unpaired) electrons. The zero-order valence-electron chi connectivity index (χ0n) is 12.1. The largest absolute Gasteiger partial charge is 0.422 e. The number of ether oxygens (including phenoxy) is 2. The fourth-order valence-electron chi connectivity index (χ4n) is 2.03. The molecule has 1 rings (SSSR count). The van der Waals surface area contributed by atoms with Gasteiger partial charge in [0, 0.05) is 24.3 Å². The zero-order valence-corrected chi connectivity index (χ0v) is 13.9. The molecule has 0 amide bonds. The first-order valence-electron chi connectivity index (χ1n) is 7.11. The van der Waals surface area contributed by atoms with Crippen molar-refractivity contribution in [3.8, 4) is 0 Å². The van der Waals surface area contributed by atoms with Gasteiger partial charge < -0.3 is 9.47 Å². The van der Waals surface area contributed by atoms with Crippen molar-refractivity contribution in [2.45, 2.75) is 51.7 Å². The summed E-state index contributed by atoms with van der Waals surface area (Å²) in [5.41, 5.74) is 0. The van der Waals surface area contributed by atoms with Crippen molar-refractivity contribution in [1.82, 2.24) is 0 Å². The molecule has 20 heavy (non-hydrogen) atoms. The maximum absolute atomic E-state index is 12.0. The number of thiol groups is 2. The van der Waals surface area contributed by atoms with E-state index in [0.717, 1.165) is 19.3 Å². The molecule has 0 aromatic heterocycles. The van der Waals surface area contributed by atoms with Crippen LogP contribution in [-0.4, -0.2) is 29.2 Å². The number of rotatable bonds is 6. The molecule has 1 aliphatic carbocycles. The van der Waals surface area contributed by atoms with E-state index in [1.807, 2.05) is 0 Å². The van der Waals surface area contributed by atoms with E-state index in [9.17, 15) is 9.59 Å². The summed E-state index contributed by atoms with van der Waals surface area (Å²) in [4.78, 5) is 24.0. The summed E-state index contributed by atoms with van der Waals surface area (Å²) in [6, 6.07) is 0. The summed E-state index contributed by atoms with van der Waals surface area (Å²) in [7, 11) is 0. The van der Waals surface area contributed by atoms with E-state index in [1.165, 1.54) is 0 Å². The number of hydrogen-bond acceptors (Lipinski definition) is 6. The minimum Gasteiger partial charge on any atom is -0.422 e. The Morgan fingerprint density at radius 2 is 1.35 bits per heavy atom. The smallest absolute Gasteiger partial charge is 0.312 e. The minimum atomic E-state index is -1.08. The second-order valence-corrected chi connectivity index (χ2v) is 6.21. The lowest BCUT2D eigenvalue weighted by atomic mass is 9.93. The summed E-state index contributed by atoms with van der Waals surface area (Å²) >= 11 is 8.20. The highest BCUT2D eigenvalue weighted by Crippen LogP contribution is 2.34. The molecule has 2 unspecified atom stereocenters. The molecule has 116 valence electrons. The fourth-order valence-corrected chi connectivity index (χ4v) is 2.33. The normalized spacial score (nSPS) is 20.8. The van der Waals surface area contributed by atoms with Crippen molar-refractivity contribution in [2.75, 3.05) is 11.5 Å². The first-order chi connectivity index (χ1) is 9.44. The summed E-state index contributed by atoms with van der Waals surface area (Å²) < 4.78 is 11.1. The number of carbonyl (C=O) groups is 2. The first-order valence-corrected chi connectivity index (χ1v) is 8.38. The molecule has 0 saturated heterocycles. The first kappa shape index (κ1) is 17.7.